The molecule has 4 heteroatoms. The predicted molar refractivity (Wildman–Crippen MR) is 64.7 cm³/mol. The molecule has 0 N–H and O–H groups in total. The van der Waals surface area contributed by atoms with E-state index in [1.54, 1.807) is 7.11 Å². The molecule has 2 heterocycles. The molecule has 2 fully saturated rings. The highest BCUT2D eigenvalue weighted by Gasteiger charge is 2.49. The Morgan fingerprint density at radius 1 is 1.53 bits per heavy atom. The van der Waals surface area contributed by atoms with E-state index in [9.17, 15) is 4.79 Å². The lowest BCUT2D eigenvalue weighted by Gasteiger charge is -2.53. The first kappa shape index (κ1) is 12.8. The van der Waals surface area contributed by atoms with Gasteiger partial charge in [-0.15, -0.1) is 0 Å². The average Bonchev–Trinajstić information content (AvgIpc) is 2.24. The third-order valence-corrected chi connectivity index (χ3v) is 3.67. The van der Waals surface area contributed by atoms with E-state index in [1.807, 2.05) is 4.90 Å². The van der Waals surface area contributed by atoms with E-state index >= 15 is 0 Å². The maximum atomic E-state index is 11.9. The van der Waals surface area contributed by atoms with Gasteiger partial charge in [-0.2, -0.15) is 0 Å². The SMILES string of the molecule is CO[C@@H]1CCOC2(C1)CN(C(=O)CC(C)C)C2. The van der Waals surface area contributed by atoms with Gasteiger partial charge in [-0.05, 0) is 12.3 Å². The van der Waals surface area contributed by atoms with Crippen molar-refractivity contribution in [3.05, 3.63) is 0 Å². The molecule has 0 aromatic rings. The smallest absolute Gasteiger partial charge is 0.223 e. The lowest BCUT2D eigenvalue weighted by atomic mass is 9.84. The van der Waals surface area contributed by atoms with Gasteiger partial charge in [0, 0.05) is 26.6 Å². The molecular formula is C13H23NO3. The molecule has 2 aliphatic heterocycles. The molecule has 0 aromatic heterocycles. The van der Waals surface area contributed by atoms with Crippen molar-refractivity contribution in [2.75, 3.05) is 26.8 Å². The molecule has 1 atom stereocenters. The molecule has 0 saturated carbocycles. The van der Waals surface area contributed by atoms with Gasteiger partial charge in [-0.3, -0.25) is 4.79 Å². The minimum atomic E-state index is -0.106. The van der Waals surface area contributed by atoms with Crippen LogP contribution in [0.1, 0.15) is 33.1 Å². The lowest BCUT2D eigenvalue weighted by molar-refractivity contribution is -0.198. The Kier molecular flexibility index (Phi) is 3.73. The highest BCUT2D eigenvalue weighted by molar-refractivity contribution is 5.77. The first-order chi connectivity index (χ1) is 8.04. The largest absolute Gasteiger partial charge is 0.381 e. The fourth-order valence-corrected chi connectivity index (χ4v) is 2.71. The van der Waals surface area contributed by atoms with Crippen LogP contribution in [-0.4, -0.2) is 49.3 Å². The number of likely N-dealkylation sites (tertiary alicyclic amines) is 1. The van der Waals surface area contributed by atoms with E-state index < -0.39 is 0 Å². The molecule has 4 nitrogen and oxygen atoms in total. The molecule has 0 aromatic carbocycles. The summed E-state index contributed by atoms with van der Waals surface area (Å²) in [6, 6.07) is 0. The van der Waals surface area contributed by atoms with Gasteiger partial charge in [0.05, 0.1) is 19.2 Å². The summed E-state index contributed by atoms with van der Waals surface area (Å²) in [5.41, 5.74) is -0.106. The quantitative estimate of drug-likeness (QED) is 0.750. The van der Waals surface area contributed by atoms with E-state index in [4.69, 9.17) is 9.47 Å². The minimum absolute atomic E-state index is 0.106. The molecule has 17 heavy (non-hydrogen) atoms. The summed E-state index contributed by atoms with van der Waals surface area (Å²) < 4.78 is 11.2. The average molecular weight is 241 g/mol. The second-order valence-corrected chi connectivity index (χ2v) is 5.73. The minimum Gasteiger partial charge on any atom is -0.381 e. The van der Waals surface area contributed by atoms with E-state index in [0.717, 1.165) is 32.5 Å². The Morgan fingerprint density at radius 2 is 2.24 bits per heavy atom. The van der Waals surface area contributed by atoms with Crippen molar-refractivity contribution < 1.29 is 14.3 Å². The maximum absolute atomic E-state index is 11.9. The number of hydrogen-bond acceptors (Lipinski definition) is 3. The van der Waals surface area contributed by atoms with Gasteiger partial charge >= 0.3 is 0 Å². The number of hydrogen-bond donors (Lipinski definition) is 0. The number of carbonyl (C=O) groups is 1. The second kappa shape index (κ2) is 4.94. The Morgan fingerprint density at radius 3 is 2.82 bits per heavy atom. The summed E-state index contributed by atoms with van der Waals surface area (Å²) in [6.45, 7) is 6.40. The zero-order chi connectivity index (χ0) is 12.5. The van der Waals surface area contributed by atoms with Crippen LogP contribution in [0.3, 0.4) is 0 Å². The molecule has 1 amide bonds. The number of amides is 1. The first-order valence-corrected chi connectivity index (χ1v) is 6.49. The van der Waals surface area contributed by atoms with Crippen LogP contribution in [0.5, 0.6) is 0 Å². The van der Waals surface area contributed by atoms with Crippen molar-refractivity contribution in [2.24, 2.45) is 5.92 Å². The van der Waals surface area contributed by atoms with Crippen LogP contribution >= 0.6 is 0 Å². The van der Waals surface area contributed by atoms with Crippen LogP contribution in [-0.2, 0) is 14.3 Å². The fourth-order valence-electron chi connectivity index (χ4n) is 2.71. The highest BCUT2D eigenvalue weighted by Crippen LogP contribution is 2.35. The van der Waals surface area contributed by atoms with Crippen molar-refractivity contribution in [1.82, 2.24) is 4.90 Å². The van der Waals surface area contributed by atoms with E-state index in [1.165, 1.54) is 0 Å². The fraction of sp³-hybridized carbons (Fsp3) is 0.923. The van der Waals surface area contributed by atoms with Crippen LogP contribution < -0.4 is 0 Å². The van der Waals surface area contributed by atoms with Gasteiger partial charge in [0.15, 0.2) is 0 Å². The van der Waals surface area contributed by atoms with Crippen molar-refractivity contribution >= 4 is 5.91 Å². The summed E-state index contributed by atoms with van der Waals surface area (Å²) in [7, 11) is 1.75. The van der Waals surface area contributed by atoms with Crippen LogP contribution in [0.25, 0.3) is 0 Å². The third-order valence-electron chi connectivity index (χ3n) is 3.67. The summed E-state index contributed by atoms with van der Waals surface area (Å²) in [4.78, 5) is 13.8. The van der Waals surface area contributed by atoms with Gasteiger partial charge in [0.2, 0.25) is 5.91 Å². The predicted octanol–water partition coefficient (Wildman–Crippen LogP) is 1.44. The molecule has 1 spiro atoms. The van der Waals surface area contributed by atoms with Crippen molar-refractivity contribution in [3.63, 3.8) is 0 Å². The zero-order valence-corrected chi connectivity index (χ0v) is 11.1. The van der Waals surface area contributed by atoms with Crippen LogP contribution in [0.4, 0.5) is 0 Å². The summed E-state index contributed by atoms with van der Waals surface area (Å²) >= 11 is 0. The molecule has 2 rings (SSSR count). The number of carbonyl (C=O) groups excluding carboxylic acids is 1. The first-order valence-electron chi connectivity index (χ1n) is 6.49. The van der Waals surface area contributed by atoms with Crippen LogP contribution in [0.15, 0.2) is 0 Å². The molecule has 0 radical (unpaired) electrons. The molecule has 98 valence electrons. The highest BCUT2D eigenvalue weighted by atomic mass is 16.5. The number of ether oxygens (including phenoxy) is 2. The number of methoxy groups -OCH3 is 1. The molecule has 2 aliphatic rings. The van der Waals surface area contributed by atoms with E-state index in [2.05, 4.69) is 13.8 Å². The normalized spacial score (nSPS) is 27.3. The molecule has 0 bridgehead atoms. The van der Waals surface area contributed by atoms with Crippen molar-refractivity contribution in [3.8, 4) is 0 Å². The molecule has 0 aliphatic carbocycles. The Labute approximate surface area is 103 Å². The van der Waals surface area contributed by atoms with Crippen molar-refractivity contribution in [2.45, 2.75) is 44.8 Å². The Hall–Kier alpha value is -0.610. The maximum Gasteiger partial charge on any atom is 0.223 e. The molecule has 2 saturated heterocycles. The van der Waals surface area contributed by atoms with Crippen LogP contribution in [0.2, 0.25) is 0 Å². The second-order valence-electron chi connectivity index (χ2n) is 5.73. The van der Waals surface area contributed by atoms with Gasteiger partial charge in [0.1, 0.15) is 5.60 Å². The molecule has 0 unspecified atom stereocenters. The van der Waals surface area contributed by atoms with Gasteiger partial charge in [-0.1, -0.05) is 13.8 Å². The van der Waals surface area contributed by atoms with Crippen molar-refractivity contribution in [1.29, 1.82) is 0 Å². The summed E-state index contributed by atoms with van der Waals surface area (Å²) in [5.74, 6) is 0.687. The third kappa shape index (κ3) is 2.80. The summed E-state index contributed by atoms with van der Waals surface area (Å²) in [6.07, 6.45) is 2.84. The topological polar surface area (TPSA) is 38.8 Å². The molecular weight excluding hydrogens is 218 g/mol. The van der Waals surface area contributed by atoms with Gasteiger partial charge in [0.25, 0.3) is 0 Å². The van der Waals surface area contributed by atoms with Crippen LogP contribution in [0, 0.1) is 5.92 Å². The Balaban J connectivity index is 1.82. The lowest BCUT2D eigenvalue weighted by Crippen LogP contribution is -2.67. The number of rotatable bonds is 3. The monoisotopic (exact) mass is 241 g/mol. The standard InChI is InChI=1S/C13H23NO3/c1-10(2)6-12(15)14-8-13(9-14)7-11(16-3)4-5-17-13/h10-11H,4-9H2,1-3H3/t11-/m1/s1. The van der Waals surface area contributed by atoms with Gasteiger partial charge < -0.3 is 14.4 Å². The summed E-state index contributed by atoms with van der Waals surface area (Å²) in [5, 5.41) is 0. The Bertz CT molecular complexity index is 284. The van der Waals surface area contributed by atoms with E-state index in [-0.39, 0.29) is 11.5 Å². The number of nitrogens with zero attached hydrogens (tertiary/aromatic N) is 1. The van der Waals surface area contributed by atoms with E-state index in [0.29, 0.717) is 18.4 Å². The zero-order valence-electron chi connectivity index (χ0n) is 11.1. The van der Waals surface area contributed by atoms with Gasteiger partial charge in [-0.25, -0.2) is 0 Å².